The summed E-state index contributed by atoms with van der Waals surface area (Å²) < 4.78 is 0. The van der Waals surface area contributed by atoms with Gasteiger partial charge in [-0.2, -0.15) is 0 Å². The molecule has 0 aromatic rings. The minimum Gasteiger partial charge on any atom is -0.314 e. The lowest BCUT2D eigenvalue weighted by atomic mass is 9.90. The first-order valence-corrected chi connectivity index (χ1v) is 7.02. The van der Waals surface area contributed by atoms with Gasteiger partial charge in [-0.1, -0.05) is 6.92 Å². The summed E-state index contributed by atoms with van der Waals surface area (Å²) in [5.41, 5.74) is 0. The van der Waals surface area contributed by atoms with Gasteiger partial charge in [0.2, 0.25) is 0 Å². The highest BCUT2D eigenvalue weighted by Gasteiger charge is 2.47. The molecule has 0 aromatic heterocycles. The summed E-state index contributed by atoms with van der Waals surface area (Å²) in [6.45, 7) is 3.42. The fraction of sp³-hybridized carbons (Fsp3) is 0.867. The van der Waals surface area contributed by atoms with Crippen molar-refractivity contribution < 1.29 is 0 Å². The fourth-order valence-corrected chi connectivity index (χ4v) is 3.35. The van der Waals surface area contributed by atoms with E-state index in [0.29, 0.717) is 0 Å². The SMILES string of the molecule is C#CCCCC(NCCC)C1CC2CC2C1. The van der Waals surface area contributed by atoms with Crippen molar-refractivity contribution >= 4 is 0 Å². The van der Waals surface area contributed by atoms with Gasteiger partial charge in [0.15, 0.2) is 0 Å². The number of nitrogens with one attached hydrogen (secondary N) is 1. The molecule has 0 saturated heterocycles. The molecule has 3 unspecified atom stereocenters. The molecule has 1 nitrogen and oxygen atoms in total. The molecule has 2 rings (SSSR count). The summed E-state index contributed by atoms with van der Waals surface area (Å²) in [4.78, 5) is 0. The van der Waals surface area contributed by atoms with E-state index in [1.54, 1.807) is 0 Å². The molecule has 2 saturated carbocycles. The molecular weight excluding hydrogens is 194 g/mol. The first-order valence-electron chi connectivity index (χ1n) is 7.02. The van der Waals surface area contributed by atoms with Crippen LogP contribution in [0.1, 0.15) is 51.9 Å². The third-order valence-electron chi connectivity index (χ3n) is 4.34. The van der Waals surface area contributed by atoms with E-state index < -0.39 is 0 Å². The molecule has 0 radical (unpaired) electrons. The summed E-state index contributed by atoms with van der Waals surface area (Å²) in [6.07, 6.45) is 14.5. The van der Waals surface area contributed by atoms with Gasteiger partial charge in [-0.05, 0) is 62.8 Å². The van der Waals surface area contributed by atoms with Crippen molar-refractivity contribution in [3.8, 4) is 12.3 Å². The molecule has 2 fully saturated rings. The van der Waals surface area contributed by atoms with E-state index in [0.717, 1.165) is 30.2 Å². The van der Waals surface area contributed by atoms with Crippen LogP contribution in [0.15, 0.2) is 0 Å². The van der Waals surface area contributed by atoms with Crippen LogP contribution in [-0.4, -0.2) is 12.6 Å². The molecule has 0 aliphatic heterocycles. The summed E-state index contributed by atoms with van der Waals surface area (Å²) >= 11 is 0. The third-order valence-corrected chi connectivity index (χ3v) is 4.34. The lowest BCUT2D eigenvalue weighted by Gasteiger charge is -2.26. The van der Waals surface area contributed by atoms with Crippen molar-refractivity contribution in [3.05, 3.63) is 0 Å². The van der Waals surface area contributed by atoms with Gasteiger partial charge in [0.25, 0.3) is 0 Å². The Kier molecular flexibility index (Phi) is 4.29. The van der Waals surface area contributed by atoms with E-state index >= 15 is 0 Å². The standard InChI is InChI=1S/C15H25N/c1-3-5-6-7-15(16-8-4-2)14-10-12-9-13(12)11-14/h1,12-16H,4-11H2,2H3. The molecule has 90 valence electrons. The first kappa shape index (κ1) is 12.0. The Morgan fingerprint density at radius 2 is 2.06 bits per heavy atom. The summed E-state index contributed by atoms with van der Waals surface area (Å²) in [6, 6.07) is 0.751. The number of hydrogen-bond acceptors (Lipinski definition) is 1. The average Bonchev–Trinajstić information content (AvgIpc) is 2.91. The van der Waals surface area contributed by atoms with E-state index in [-0.39, 0.29) is 0 Å². The van der Waals surface area contributed by atoms with Gasteiger partial charge < -0.3 is 5.32 Å². The maximum absolute atomic E-state index is 5.33. The third kappa shape index (κ3) is 3.01. The van der Waals surface area contributed by atoms with Crippen molar-refractivity contribution in [2.24, 2.45) is 17.8 Å². The molecular formula is C15H25N. The molecule has 1 N–H and O–H groups in total. The molecule has 0 aromatic carbocycles. The van der Waals surface area contributed by atoms with E-state index in [2.05, 4.69) is 18.2 Å². The summed E-state index contributed by atoms with van der Waals surface area (Å²) in [5.74, 6) is 5.91. The molecule has 0 bridgehead atoms. The Bertz CT molecular complexity index is 243. The van der Waals surface area contributed by atoms with Crippen LogP contribution in [0, 0.1) is 30.1 Å². The first-order chi connectivity index (χ1) is 7.85. The van der Waals surface area contributed by atoms with Crippen LogP contribution in [-0.2, 0) is 0 Å². The Balaban J connectivity index is 1.74. The highest BCUT2D eigenvalue weighted by molar-refractivity contribution is 4.99. The van der Waals surface area contributed by atoms with Gasteiger partial charge in [0.05, 0.1) is 0 Å². The Morgan fingerprint density at radius 3 is 2.69 bits per heavy atom. The number of hydrogen-bond donors (Lipinski definition) is 1. The average molecular weight is 219 g/mol. The Hall–Kier alpha value is -0.480. The van der Waals surface area contributed by atoms with Crippen molar-refractivity contribution in [2.45, 2.75) is 57.9 Å². The second kappa shape index (κ2) is 5.73. The Labute approximate surface area is 100 Å². The van der Waals surface area contributed by atoms with Gasteiger partial charge in [-0.15, -0.1) is 12.3 Å². The molecule has 2 aliphatic carbocycles. The van der Waals surface area contributed by atoms with Crippen molar-refractivity contribution in [3.63, 3.8) is 0 Å². The zero-order valence-electron chi connectivity index (χ0n) is 10.5. The maximum Gasteiger partial charge on any atom is 0.00958 e. The molecule has 0 heterocycles. The predicted octanol–water partition coefficient (Wildman–Crippen LogP) is 3.20. The van der Waals surface area contributed by atoms with Crippen LogP contribution in [0.2, 0.25) is 0 Å². The fourth-order valence-electron chi connectivity index (χ4n) is 3.35. The van der Waals surface area contributed by atoms with Gasteiger partial charge >= 0.3 is 0 Å². The minimum absolute atomic E-state index is 0.751. The number of rotatable bonds is 7. The van der Waals surface area contributed by atoms with Gasteiger partial charge in [0, 0.05) is 12.5 Å². The minimum atomic E-state index is 0.751. The summed E-state index contributed by atoms with van der Waals surface area (Å²) in [5, 5.41) is 3.74. The second-order valence-electron chi connectivity index (χ2n) is 5.64. The monoisotopic (exact) mass is 219 g/mol. The highest BCUT2D eigenvalue weighted by atomic mass is 14.9. The molecule has 0 amide bonds. The number of unbranched alkanes of at least 4 members (excludes halogenated alkanes) is 1. The van der Waals surface area contributed by atoms with Crippen LogP contribution in [0.4, 0.5) is 0 Å². The van der Waals surface area contributed by atoms with Crippen LogP contribution < -0.4 is 5.32 Å². The summed E-state index contributed by atoms with van der Waals surface area (Å²) in [7, 11) is 0. The molecule has 2 aliphatic rings. The molecule has 0 spiro atoms. The predicted molar refractivity (Wildman–Crippen MR) is 69.1 cm³/mol. The maximum atomic E-state index is 5.33. The number of fused-ring (bicyclic) bond motifs is 1. The normalized spacial score (nSPS) is 33.1. The van der Waals surface area contributed by atoms with E-state index in [4.69, 9.17) is 6.42 Å². The quantitative estimate of drug-likeness (QED) is 0.512. The van der Waals surface area contributed by atoms with E-state index in [1.807, 2.05) is 0 Å². The second-order valence-corrected chi connectivity index (χ2v) is 5.64. The molecule has 3 atom stereocenters. The van der Waals surface area contributed by atoms with Crippen LogP contribution >= 0.6 is 0 Å². The van der Waals surface area contributed by atoms with Crippen LogP contribution in [0.5, 0.6) is 0 Å². The highest BCUT2D eigenvalue weighted by Crippen LogP contribution is 2.55. The van der Waals surface area contributed by atoms with Gasteiger partial charge in [-0.3, -0.25) is 0 Å². The van der Waals surface area contributed by atoms with Gasteiger partial charge in [0.1, 0.15) is 0 Å². The Morgan fingerprint density at radius 1 is 1.31 bits per heavy atom. The lowest BCUT2D eigenvalue weighted by Crippen LogP contribution is -2.36. The molecule has 1 heteroatoms. The molecule has 16 heavy (non-hydrogen) atoms. The van der Waals surface area contributed by atoms with Crippen LogP contribution in [0.25, 0.3) is 0 Å². The zero-order chi connectivity index (χ0) is 11.4. The van der Waals surface area contributed by atoms with E-state index in [9.17, 15) is 0 Å². The topological polar surface area (TPSA) is 12.0 Å². The number of terminal acetylenes is 1. The van der Waals surface area contributed by atoms with Crippen molar-refractivity contribution in [2.75, 3.05) is 6.54 Å². The van der Waals surface area contributed by atoms with Crippen molar-refractivity contribution in [1.29, 1.82) is 0 Å². The van der Waals surface area contributed by atoms with Crippen LogP contribution in [0.3, 0.4) is 0 Å². The largest absolute Gasteiger partial charge is 0.314 e. The van der Waals surface area contributed by atoms with E-state index in [1.165, 1.54) is 45.1 Å². The zero-order valence-corrected chi connectivity index (χ0v) is 10.5. The lowest BCUT2D eigenvalue weighted by molar-refractivity contribution is 0.314. The smallest absolute Gasteiger partial charge is 0.00958 e. The van der Waals surface area contributed by atoms with Crippen molar-refractivity contribution in [1.82, 2.24) is 5.32 Å². The van der Waals surface area contributed by atoms with Gasteiger partial charge in [-0.25, -0.2) is 0 Å².